The number of carbonyl (C=O) groups excluding carboxylic acids is 1. The van der Waals surface area contributed by atoms with Crippen LogP contribution in [0.2, 0.25) is 0 Å². The molecular formula is C16H22N2O2. The van der Waals surface area contributed by atoms with Crippen molar-refractivity contribution in [3.8, 4) is 5.75 Å². The summed E-state index contributed by atoms with van der Waals surface area (Å²) in [5.74, 6) is 1.71. The Morgan fingerprint density at radius 2 is 2.15 bits per heavy atom. The van der Waals surface area contributed by atoms with Crippen molar-refractivity contribution in [1.29, 1.82) is 0 Å². The van der Waals surface area contributed by atoms with Crippen molar-refractivity contribution in [2.75, 3.05) is 31.6 Å². The Morgan fingerprint density at radius 1 is 1.35 bits per heavy atom. The second-order valence-electron chi connectivity index (χ2n) is 5.75. The Kier molecular flexibility index (Phi) is 3.92. The number of rotatable bonds is 2. The molecule has 0 unspecified atom stereocenters. The maximum atomic E-state index is 11.9. The second kappa shape index (κ2) is 5.83. The van der Waals surface area contributed by atoms with Crippen LogP contribution in [0, 0.1) is 5.92 Å². The van der Waals surface area contributed by atoms with Crippen LogP contribution in [0.25, 0.3) is 0 Å². The smallest absolute Gasteiger partial charge is 0.230 e. The van der Waals surface area contributed by atoms with Gasteiger partial charge >= 0.3 is 0 Å². The van der Waals surface area contributed by atoms with E-state index < -0.39 is 0 Å². The van der Waals surface area contributed by atoms with Gasteiger partial charge in [-0.2, -0.15) is 0 Å². The first-order valence-electron chi connectivity index (χ1n) is 7.47. The molecule has 0 radical (unpaired) electrons. The summed E-state index contributed by atoms with van der Waals surface area (Å²) < 4.78 is 5.66. The zero-order valence-electron chi connectivity index (χ0n) is 12.0. The minimum absolute atomic E-state index is 0.128. The van der Waals surface area contributed by atoms with Crippen LogP contribution in [-0.2, 0) is 11.2 Å². The zero-order valence-corrected chi connectivity index (χ0v) is 12.0. The Hall–Kier alpha value is -1.55. The quantitative estimate of drug-likeness (QED) is 0.896. The number of benzene rings is 1. The van der Waals surface area contributed by atoms with Crippen LogP contribution >= 0.6 is 0 Å². The lowest BCUT2D eigenvalue weighted by Gasteiger charge is -2.23. The van der Waals surface area contributed by atoms with Gasteiger partial charge in [0.15, 0.2) is 0 Å². The molecule has 0 aromatic heterocycles. The fourth-order valence-corrected chi connectivity index (χ4v) is 3.04. The monoisotopic (exact) mass is 274 g/mol. The molecule has 20 heavy (non-hydrogen) atoms. The standard InChI is InChI=1S/C16H22N2O2/c1-18-14-11-13(10-12-4-7-17-8-5-12)2-3-15(14)20-9-6-16(18)19/h2-3,11-12,17H,4-10H2,1H3. The van der Waals surface area contributed by atoms with Crippen molar-refractivity contribution in [2.45, 2.75) is 25.7 Å². The van der Waals surface area contributed by atoms with Crippen LogP contribution in [0.15, 0.2) is 18.2 Å². The molecule has 4 nitrogen and oxygen atoms in total. The Bertz CT molecular complexity index is 495. The summed E-state index contributed by atoms with van der Waals surface area (Å²) in [4.78, 5) is 13.6. The third-order valence-corrected chi connectivity index (χ3v) is 4.32. The van der Waals surface area contributed by atoms with E-state index in [2.05, 4.69) is 17.4 Å². The number of amides is 1. The zero-order chi connectivity index (χ0) is 13.9. The van der Waals surface area contributed by atoms with Gasteiger partial charge in [0, 0.05) is 7.05 Å². The minimum Gasteiger partial charge on any atom is -0.491 e. The van der Waals surface area contributed by atoms with Crippen LogP contribution in [0.3, 0.4) is 0 Å². The molecule has 3 rings (SSSR count). The number of hydrogen-bond donors (Lipinski definition) is 1. The average molecular weight is 274 g/mol. The highest BCUT2D eigenvalue weighted by molar-refractivity contribution is 5.95. The lowest BCUT2D eigenvalue weighted by molar-refractivity contribution is -0.118. The first-order chi connectivity index (χ1) is 9.74. The van der Waals surface area contributed by atoms with E-state index in [4.69, 9.17) is 4.74 Å². The predicted molar refractivity (Wildman–Crippen MR) is 79.3 cm³/mol. The Labute approximate surface area is 120 Å². The summed E-state index contributed by atoms with van der Waals surface area (Å²) in [6, 6.07) is 6.28. The van der Waals surface area contributed by atoms with Gasteiger partial charge in [-0.3, -0.25) is 4.79 Å². The molecule has 2 aliphatic rings. The van der Waals surface area contributed by atoms with E-state index in [1.807, 2.05) is 13.1 Å². The fraction of sp³-hybridized carbons (Fsp3) is 0.562. The van der Waals surface area contributed by atoms with E-state index in [0.29, 0.717) is 13.0 Å². The van der Waals surface area contributed by atoms with E-state index >= 15 is 0 Å². The highest BCUT2D eigenvalue weighted by atomic mass is 16.5. The normalized spacial score (nSPS) is 20.2. The van der Waals surface area contributed by atoms with E-state index in [9.17, 15) is 4.79 Å². The molecule has 1 saturated heterocycles. The van der Waals surface area contributed by atoms with E-state index in [-0.39, 0.29) is 5.91 Å². The lowest BCUT2D eigenvalue weighted by atomic mass is 9.91. The van der Waals surface area contributed by atoms with Gasteiger partial charge < -0.3 is 15.0 Å². The summed E-state index contributed by atoms with van der Waals surface area (Å²) in [6.07, 6.45) is 4.02. The molecule has 0 bridgehead atoms. The number of nitrogens with zero attached hydrogens (tertiary/aromatic N) is 1. The maximum absolute atomic E-state index is 11.9. The molecule has 1 aromatic carbocycles. The van der Waals surface area contributed by atoms with Gasteiger partial charge in [0.2, 0.25) is 5.91 Å². The molecule has 1 amide bonds. The topological polar surface area (TPSA) is 41.6 Å². The summed E-state index contributed by atoms with van der Waals surface area (Å²) in [6.45, 7) is 2.72. The van der Waals surface area contributed by atoms with Crippen LogP contribution in [0.4, 0.5) is 5.69 Å². The summed E-state index contributed by atoms with van der Waals surface area (Å²) in [7, 11) is 1.84. The van der Waals surface area contributed by atoms with Crippen LogP contribution in [0.5, 0.6) is 5.75 Å². The lowest BCUT2D eigenvalue weighted by Crippen LogP contribution is -2.28. The number of fused-ring (bicyclic) bond motifs is 1. The summed E-state index contributed by atoms with van der Waals surface area (Å²) in [5.41, 5.74) is 2.22. The first kappa shape index (κ1) is 13.4. The number of piperidine rings is 1. The fourth-order valence-electron chi connectivity index (χ4n) is 3.04. The van der Waals surface area contributed by atoms with Gasteiger partial charge in [-0.15, -0.1) is 0 Å². The maximum Gasteiger partial charge on any atom is 0.230 e. The summed E-state index contributed by atoms with van der Waals surface area (Å²) >= 11 is 0. The first-order valence-corrected chi connectivity index (χ1v) is 7.47. The molecular weight excluding hydrogens is 252 g/mol. The van der Waals surface area contributed by atoms with Crippen molar-refractivity contribution < 1.29 is 9.53 Å². The second-order valence-corrected chi connectivity index (χ2v) is 5.75. The average Bonchev–Trinajstić information content (AvgIpc) is 2.61. The van der Waals surface area contributed by atoms with E-state index in [0.717, 1.165) is 36.9 Å². The van der Waals surface area contributed by atoms with Gasteiger partial charge in [0.1, 0.15) is 5.75 Å². The third-order valence-electron chi connectivity index (χ3n) is 4.32. The van der Waals surface area contributed by atoms with Crippen molar-refractivity contribution in [3.05, 3.63) is 23.8 Å². The number of carbonyl (C=O) groups is 1. The number of anilines is 1. The number of hydrogen-bond acceptors (Lipinski definition) is 3. The Morgan fingerprint density at radius 3 is 2.95 bits per heavy atom. The van der Waals surface area contributed by atoms with Crippen molar-refractivity contribution in [3.63, 3.8) is 0 Å². The molecule has 0 aliphatic carbocycles. The molecule has 0 spiro atoms. The Balaban J connectivity index is 1.80. The highest BCUT2D eigenvalue weighted by Crippen LogP contribution is 2.32. The minimum atomic E-state index is 0.128. The third kappa shape index (κ3) is 2.80. The number of ether oxygens (including phenoxy) is 1. The molecule has 108 valence electrons. The van der Waals surface area contributed by atoms with Gasteiger partial charge in [-0.25, -0.2) is 0 Å². The molecule has 1 aromatic rings. The van der Waals surface area contributed by atoms with Gasteiger partial charge in [0.25, 0.3) is 0 Å². The van der Waals surface area contributed by atoms with Gasteiger partial charge in [0.05, 0.1) is 18.7 Å². The van der Waals surface area contributed by atoms with Crippen molar-refractivity contribution in [1.82, 2.24) is 5.32 Å². The summed E-state index contributed by atoms with van der Waals surface area (Å²) in [5, 5.41) is 3.40. The molecule has 0 atom stereocenters. The van der Waals surface area contributed by atoms with Crippen LogP contribution in [0.1, 0.15) is 24.8 Å². The SMILES string of the molecule is CN1C(=O)CCOc2ccc(CC3CCNCC3)cc21. The van der Waals surface area contributed by atoms with Crippen LogP contribution in [-0.4, -0.2) is 32.7 Å². The molecule has 0 saturated carbocycles. The predicted octanol–water partition coefficient (Wildman–Crippen LogP) is 1.97. The van der Waals surface area contributed by atoms with E-state index in [1.54, 1.807) is 4.90 Å². The van der Waals surface area contributed by atoms with Gasteiger partial charge in [-0.05, 0) is 56.0 Å². The number of nitrogens with one attached hydrogen (secondary N) is 1. The molecule has 1 fully saturated rings. The highest BCUT2D eigenvalue weighted by Gasteiger charge is 2.21. The van der Waals surface area contributed by atoms with E-state index in [1.165, 1.54) is 18.4 Å². The molecule has 2 heterocycles. The van der Waals surface area contributed by atoms with Crippen molar-refractivity contribution >= 4 is 11.6 Å². The largest absolute Gasteiger partial charge is 0.491 e. The van der Waals surface area contributed by atoms with Crippen molar-refractivity contribution in [2.24, 2.45) is 5.92 Å². The molecule has 2 aliphatic heterocycles. The van der Waals surface area contributed by atoms with Gasteiger partial charge in [-0.1, -0.05) is 6.07 Å². The molecule has 4 heteroatoms. The van der Waals surface area contributed by atoms with Crippen LogP contribution < -0.4 is 15.0 Å². The molecule has 1 N–H and O–H groups in total.